The number of hydrogen-bond acceptors (Lipinski definition) is 7. The highest BCUT2D eigenvalue weighted by molar-refractivity contribution is 7.47. The van der Waals surface area contributed by atoms with E-state index in [0.717, 1.165) is 51.4 Å². The fourth-order valence-electron chi connectivity index (χ4n) is 8.01. The third-order valence-electron chi connectivity index (χ3n) is 12.3. The highest BCUT2D eigenvalue weighted by Gasteiger charge is 2.27. The fraction of sp³-hybridized carbons (Fsp3) is 0.926. The molecule has 0 rings (SSSR count). The van der Waals surface area contributed by atoms with Crippen LogP contribution in [0, 0.1) is 0 Å². The Kier molecular flexibility index (Phi) is 45.9. The average Bonchev–Trinajstić information content (AvgIpc) is 3.25. The van der Waals surface area contributed by atoms with Gasteiger partial charge in [0.1, 0.15) is 19.8 Å². The molecule has 0 amide bonds. The van der Waals surface area contributed by atoms with E-state index in [-0.39, 0.29) is 25.6 Å². The smallest absolute Gasteiger partial charge is 0.462 e. The van der Waals surface area contributed by atoms with E-state index in [0.29, 0.717) is 23.9 Å². The lowest BCUT2D eigenvalue weighted by molar-refractivity contribution is -0.870. The minimum atomic E-state index is -4.38. The molecule has 2 atom stereocenters. The predicted octanol–water partition coefficient (Wildman–Crippen LogP) is 16.5. The van der Waals surface area contributed by atoms with Crippen molar-refractivity contribution in [1.82, 2.24) is 0 Å². The molecule has 380 valence electrons. The Balaban J connectivity index is 4.08. The van der Waals surface area contributed by atoms with Crippen molar-refractivity contribution in [3.63, 3.8) is 0 Å². The number of allylic oxidation sites excluding steroid dienone is 2. The van der Waals surface area contributed by atoms with Gasteiger partial charge in [-0.2, -0.15) is 0 Å². The van der Waals surface area contributed by atoms with E-state index in [1.54, 1.807) is 0 Å². The molecule has 0 aliphatic rings. The zero-order valence-electron chi connectivity index (χ0n) is 43.0. The number of nitrogens with zero attached hydrogens (tertiary/aromatic N) is 1. The van der Waals surface area contributed by atoms with Crippen LogP contribution in [0.4, 0.5) is 0 Å². The maximum atomic E-state index is 12.7. The fourth-order valence-corrected chi connectivity index (χ4v) is 8.75. The van der Waals surface area contributed by atoms with Crippen molar-refractivity contribution in [3.05, 3.63) is 12.2 Å². The number of esters is 2. The molecule has 0 aromatic carbocycles. The van der Waals surface area contributed by atoms with Gasteiger partial charge in [0.2, 0.25) is 0 Å². The molecule has 0 fully saturated rings. The van der Waals surface area contributed by atoms with Crippen molar-refractivity contribution in [2.24, 2.45) is 0 Å². The summed E-state index contributed by atoms with van der Waals surface area (Å²) in [6, 6.07) is 0. The number of carbonyl (C=O) groups excluding carboxylic acids is 2. The summed E-state index contributed by atoms with van der Waals surface area (Å²) in [5, 5.41) is 0. The molecule has 0 saturated heterocycles. The van der Waals surface area contributed by atoms with Gasteiger partial charge < -0.3 is 18.9 Å². The first-order valence-electron chi connectivity index (χ1n) is 27.4. The van der Waals surface area contributed by atoms with Gasteiger partial charge in [0.05, 0.1) is 27.7 Å². The number of quaternary nitrogens is 1. The summed E-state index contributed by atoms with van der Waals surface area (Å²) in [7, 11) is 1.49. The summed E-state index contributed by atoms with van der Waals surface area (Å²) in [5.74, 6) is -0.792. The standard InChI is InChI=1S/C54H106NO8P/c1-6-8-10-12-14-16-18-20-22-23-24-25-26-27-28-29-30-31-32-33-35-36-38-40-42-44-46-53(56)60-50-52(51-62-64(58,59)61-49-48-55(3,4)5)63-54(57)47-45-43-41-39-37-34-21-19-17-15-13-11-9-7-2/h19,21,52H,6-18,20,22-51H2,1-5H3/p+1/b21-19-. The monoisotopic (exact) mass is 929 g/mol. The zero-order valence-corrected chi connectivity index (χ0v) is 43.9. The zero-order chi connectivity index (χ0) is 47.1. The average molecular weight is 929 g/mol. The van der Waals surface area contributed by atoms with Crippen LogP contribution in [0.5, 0.6) is 0 Å². The number of phosphoric ester groups is 1. The quantitative estimate of drug-likeness (QED) is 0.0211. The van der Waals surface area contributed by atoms with Crippen LogP contribution in [0.2, 0.25) is 0 Å². The minimum absolute atomic E-state index is 0.0335. The van der Waals surface area contributed by atoms with Crippen molar-refractivity contribution in [1.29, 1.82) is 0 Å². The van der Waals surface area contributed by atoms with Gasteiger partial charge in [-0.25, -0.2) is 4.57 Å². The molecule has 1 N–H and O–H groups in total. The lowest BCUT2D eigenvalue weighted by atomic mass is 10.0. The molecule has 9 nitrogen and oxygen atoms in total. The van der Waals surface area contributed by atoms with Crippen molar-refractivity contribution in [2.45, 2.75) is 277 Å². The van der Waals surface area contributed by atoms with Crippen molar-refractivity contribution < 1.29 is 42.1 Å². The summed E-state index contributed by atoms with van der Waals surface area (Å²) in [6.07, 6.45) is 52.8. The number of phosphoric acid groups is 1. The molecule has 64 heavy (non-hydrogen) atoms. The van der Waals surface area contributed by atoms with Crippen molar-refractivity contribution in [2.75, 3.05) is 47.5 Å². The summed E-state index contributed by atoms with van der Waals surface area (Å²) in [4.78, 5) is 35.5. The molecule has 2 unspecified atom stereocenters. The van der Waals surface area contributed by atoms with Crippen LogP contribution < -0.4 is 0 Å². The van der Waals surface area contributed by atoms with Crippen LogP contribution in [-0.2, 0) is 32.7 Å². The molecule has 0 saturated carbocycles. The first-order valence-corrected chi connectivity index (χ1v) is 28.9. The number of carbonyl (C=O) groups is 2. The summed E-state index contributed by atoms with van der Waals surface area (Å²) in [5.41, 5.74) is 0. The lowest BCUT2D eigenvalue weighted by Crippen LogP contribution is -2.37. The molecule has 0 aromatic rings. The molecule has 0 bridgehead atoms. The van der Waals surface area contributed by atoms with Crippen LogP contribution in [0.15, 0.2) is 12.2 Å². The Morgan fingerprint density at radius 3 is 1.16 bits per heavy atom. The molecule has 0 aliphatic carbocycles. The molecule has 0 spiro atoms. The number of likely N-dealkylation sites (N-methyl/N-ethyl adjacent to an activating group) is 1. The largest absolute Gasteiger partial charge is 0.472 e. The first-order chi connectivity index (χ1) is 31.0. The Hall–Kier alpha value is -1.25. The normalized spacial score (nSPS) is 13.4. The number of hydrogen-bond donors (Lipinski definition) is 1. The van der Waals surface area contributed by atoms with Gasteiger partial charge in [-0.3, -0.25) is 18.6 Å². The second kappa shape index (κ2) is 46.8. The molecule has 0 radical (unpaired) electrons. The second-order valence-electron chi connectivity index (χ2n) is 20.0. The first kappa shape index (κ1) is 62.8. The van der Waals surface area contributed by atoms with E-state index in [9.17, 15) is 19.0 Å². The van der Waals surface area contributed by atoms with Crippen molar-refractivity contribution in [3.8, 4) is 0 Å². The van der Waals surface area contributed by atoms with E-state index in [1.165, 1.54) is 186 Å². The van der Waals surface area contributed by atoms with Gasteiger partial charge in [-0.15, -0.1) is 0 Å². The third-order valence-corrected chi connectivity index (χ3v) is 13.3. The highest BCUT2D eigenvalue weighted by atomic mass is 31.2. The molecule has 10 heteroatoms. The summed E-state index contributed by atoms with van der Waals surface area (Å²) < 4.78 is 34.5. The molecule has 0 aliphatic heterocycles. The van der Waals surface area contributed by atoms with Gasteiger partial charge in [0, 0.05) is 12.8 Å². The van der Waals surface area contributed by atoms with Crippen LogP contribution in [-0.4, -0.2) is 74.9 Å². The SMILES string of the molecule is CCCCCCC/C=C\CCCCCCCC(=O)OC(COC(=O)CCCCCCCCCCCCCCCCCCCCCCCCCCCC)COP(=O)(O)OCC[N+](C)(C)C. The molecule has 0 aromatic heterocycles. The van der Waals surface area contributed by atoms with E-state index in [2.05, 4.69) is 26.0 Å². The maximum Gasteiger partial charge on any atom is 0.472 e. The number of unbranched alkanes of at least 4 members (excludes halogenated alkanes) is 35. The van der Waals surface area contributed by atoms with E-state index in [4.69, 9.17) is 18.5 Å². The van der Waals surface area contributed by atoms with Crippen LogP contribution in [0.3, 0.4) is 0 Å². The van der Waals surface area contributed by atoms with Crippen LogP contribution in [0.25, 0.3) is 0 Å². The van der Waals surface area contributed by atoms with Gasteiger partial charge in [0.15, 0.2) is 6.10 Å². The number of ether oxygens (including phenoxy) is 2. The summed E-state index contributed by atoms with van der Waals surface area (Å²) >= 11 is 0. The Labute approximate surface area is 396 Å². The van der Waals surface area contributed by atoms with Crippen LogP contribution >= 0.6 is 7.82 Å². The highest BCUT2D eigenvalue weighted by Crippen LogP contribution is 2.43. The third kappa shape index (κ3) is 50.2. The van der Waals surface area contributed by atoms with Gasteiger partial charge in [0.25, 0.3) is 0 Å². The molecule has 0 heterocycles. The Bertz CT molecular complexity index is 1100. The topological polar surface area (TPSA) is 108 Å². The van der Waals surface area contributed by atoms with Gasteiger partial charge in [-0.05, 0) is 38.5 Å². The van der Waals surface area contributed by atoms with E-state index < -0.39 is 26.5 Å². The van der Waals surface area contributed by atoms with E-state index in [1.807, 2.05) is 21.1 Å². The van der Waals surface area contributed by atoms with Gasteiger partial charge >= 0.3 is 19.8 Å². The Morgan fingerprint density at radius 1 is 0.469 bits per heavy atom. The molecular weight excluding hydrogens is 822 g/mol. The van der Waals surface area contributed by atoms with Crippen LogP contribution in [0.1, 0.15) is 271 Å². The molecular formula is C54H107NO8P+. The van der Waals surface area contributed by atoms with Gasteiger partial charge in [-0.1, -0.05) is 231 Å². The second-order valence-corrected chi connectivity index (χ2v) is 21.4. The lowest BCUT2D eigenvalue weighted by Gasteiger charge is -2.24. The number of rotatable bonds is 51. The minimum Gasteiger partial charge on any atom is -0.462 e. The summed E-state index contributed by atoms with van der Waals surface area (Å²) in [6.45, 7) is 4.46. The Morgan fingerprint density at radius 2 is 0.797 bits per heavy atom. The van der Waals surface area contributed by atoms with E-state index >= 15 is 0 Å². The predicted molar refractivity (Wildman–Crippen MR) is 271 cm³/mol. The maximum absolute atomic E-state index is 12.7. The van der Waals surface area contributed by atoms with Crippen molar-refractivity contribution >= 4 is 19.8 Å².